The van der Waals surface area contributed by atoms with Crippen LogP contribution in [0, 0.1) is 6.92 Å². The molecule has 3 heteroatoms. The molecule has 0 saturated heterocycles. The Bertz CT molecular complexity index is 244. The molecule has 1 rings (SSSR count). The molecule has 0 aliphatic carbocycles. The van der Waals surface area contributed by atoms with Gasteiger partial charge in [0.05, 0.1) is 6.04 Å². The van der Waals surface area contributed by atoms with Gasteiger partial charge in [0.25, 0.3) is 0 Å². The summed E-state index contributed by atoms with van der Waals surface area (Å²) < 4.78 is 5.33. The normalized spacial score (nSPS) is 11.8. The summed E-state index contributed by atoms with van der Waals surface area (Å²) in [5.41, 5.74) is 5.75. The van der Waals surface area contributed by atoms with E-state index < -0.39 is 0 Å². The summed E-state index contributed by atoms with van der Waals surface area (Å²) in [6.07, 6.45) is 2.55. The van der Waals surface area contributed by atoms with Crippen LogP contribution in [0.3, 0.4) is 0 Å². The van der Waals surface area contributed by atoms with Crippen LogP contribution in [0.15, 0.2) is 29.2 Å². The number of rotatable bonds is 3. The lowest BCUT2D eigenvalue weighted by Crippen LogP contribution is -2.07. The predicted molar refractivity (Wildman–Crippen MR) is 52.4 cm³/mol. The minimum Gasteiger partial charge on any atom is -0.465 e. The van der Waals surface area contributed by atoms with Crippen LogP contribution in [0.2, 0.25) is 0 Å². The van der Waals surface area contributed by atoms with Crippen molar-refractivity contribution in [2.45, 2.75) is 19.4 Å². The van der Waals surface area contributed by atoms with E-state index in [2.05, 4.69) is 6.58 Å². The van der Waals surface area contributed by atoms with E-state index in [-0.39, 0.29) is 18.4 Å². The van der Waals surface area contributed by atoms with E-state index in [0.29, 0.717) is 0 Å². The molecular weight excluding hydrogens is 174 g/mol. The molecule has 12 heavy (non-hydrogen) atoms. The zero-order chi connectivity index (χ0) is 8.27. The zero-order valence-electron chi connectivity index (χ0n) is 7.12. The minimum absolute atomic E-state index is 0. The molecule has 0 bridgehead atoms. The van der Waals surface area contributed by atoms with E-state index in [0.717, 1.165) is 17.9 Å². The topological polar surface area (TPSA) is 39.2 Å². The number of halogens is 1. The van der Waals surface area contributed by atoms with Gasteiger partial charge in [-0.2, -0.15) is 0 Å². The van der Waals surface area contributed by atoms with Crippen LogP contribution in [0.1, 0.15) is 24.0 Å². The first-order valence-electron chi connectivity index (χ1n) is 3.67. The third-order valence-corrected chi connectivity index (χ3v) is 1.55. The van der Waals surface area contributed by atoms with Gasteiger partial charge in [-0.1, -0.05) is 6.08 Å². The fourth-order valence-electron chi connectivity index (χ4n) is 0.948. The molecular formula is C9H14ClNO. The first-order valence-corrected chi connectivity index (χ1v) is 3.67. The summed E-state index contributed by atoms with van der Waals surface area (Å²) in [5.74, 6) is 1.74. The van der Waals surface area contributed by atoms with Crippen molar-refractivity contribution in [1.82, 2.24) is 0 Å². The van der Waals surface area contributed by atoms with Gasteiger partial charge in [0, 0.05) is 0 Å². The summed E-state index contributed by atoms with van der Waals surface area (Å²) in [5, 5.41) is 0. The van der Waals surface area contributed by atoms with Crippen LogP contribution in [-0.2, 0) is 0 Å². The predicted octanol–water partition coefficient (Wildman–Crippen LogP) is 2.59. The second-order valence-corrected chi connectivity index (χ2v) is 2.58. The monoisotopic (exact) mass is 187 g/mol. The molecule has 2 nitrogen and oxygen atoms in total. The van der Waals surface area contributed by atoms with Crippen molar-refractivity contribution in [3.63, 3.8) is 0 Å². The highest BCUT2D eigenvalue weighted by Crippen LogP contribution is 2.16. The summed E-state index contributed by atoms with van der Waals surface area (Å²) in [6.45, 7) is 5.52. The lowest BCUT2D eigenvalue weighted by molar-refractivity contribution is 0.447. The minimum atomic E-state index is -0.0406. The molecule has 0 aliphatic heterocycles. The molecule has 0 aromatic carbocycles. The quantitative estimate of drug-likeness (QED) is 0.739. The fraction of sp³-hybridized carbons (Fsp3) is 0.333. The standard InChI is InChI=1S/C9H13NO.ClH/c1-3-4-8(10)9-6-5-7(2)11-9;/h3,5-6,8H,1,4,10H2,2H3;1H/t8-;/m0./s1. The van der Waals surface area contributed by atoms with Crippen LogP contribution in [0.4, 0.5) is 0 Å². The van der Waals surface area contributed by atoms with Gasteiger partial charge in [-0.25, -0.2) is 0 Å². The van der Waals surface area contributed by atoms with E-state index in [1.165, 1.54) is 0 Å². The maximum absolute atomic E-state index is 5.75. The molecule has 0 spiro atoms. The fourth-order valence-corrected chi connectivity index (χ4v) is 0.948. The van der Waals surface area contributed by atoms with Gasteiger partial charge in [-0.15, -0.1) is 19.0 Å². The van der Waals surface area contributed by atoms with Gasteiger partial charge in [0.15, 0.2) is 0 Å². The number of hydrogen-bond donors (Lipinski definition) is 1. The summed E-state index contributed by atoms with van der Waals surface area (Å²) >= 11 is 0. The number of nitrogens with two attached hydrogens (primary N) is 1. The molecule has 1 aromatic rings. The van der Waals surface area contributed by atoms with Crippen molar-refractivity contribution in [3.8, 4) is 0 Å². The number of furan rings is 1. The van der Waals surface area contributed by atoms with Gasteiger partial charge in [0.1, 0.15) is 11.5 Å². The van der Waals surface area contributed by atoms with Gasteiger partial charge >= 0.3 is 0 Å². The SMILES string of the molecule is C=CC[C@H](N)c1ccc(C)o1.Cl. The highest BCUT2D eigenvalue weighted by atomic mass is 35.5. The number of hydrogen-bond acceptors (Lipinski definition) is 2. The Morgan fingerprint density at radius 1 is 1.67 bits per heavy atom. The van der Waals surface area contributed by atoms with E-state index >= 15 is 0 Å². The van der Waals surface area contributed by atoms with Crippen molar-refractivity contribution in [2.75, 3.05) is 0 Å². The molecule has 1 aromatic heterocycles. The van der Waals surface area contributed by atoms with Crippen molar-refractivity contribution in [1.29, 1.82) is 0 Å². The third-order valence-electron chi connectivity index (χ3n) is 1.55. The lowest BCUT2D eigenvalue weighted by Gasteiger charge is -2.03. The van der Waals surface area contributed by atoms with Gasteiger partial charge in [0.2, 0.25) is 0 Å². The first-order chi connectivity index (χ1) is 5.24. The van der Waals surface area contributed by atoms with Gasteiger partial charge in [-0.3, -0.25) is 0 Å². The largest absolute Gasteiger partial charge is 0.465 e. The Balaban J connectivity index is 0.00000121. The van der Waals surface area contributed by atoms with Gasteiger partial charge in [-0.05, 0) is 25.5 Å². The summed E-state index contributed by atoms with van der Waals surface area (Å²) in [7, 11) is 0. The van der Waals surface area contributed by atoms with Gasteiger partial charge < -0.3 is 10.2 Å². The van der Waals surface area contributed by atoms with Crippen LogP contribution >= 0.6 is 12.4 Å². The maximum Gasteiger partial charge on any atom is 0.121 e. The molecule has 2 N–H and O–H groups in total. The van der Waals surface area contributed by atoms with Crippen molar-refractivity contribution < 1.29 is 4.42 Å². The molecule has 0 radical (unpaired) electrons. The van der Waals surface area contributed by atoms with E-state index in [1.807, 2.05) is 19.1 Å². The van der Waals surface area contributed by atoms with Crippen molar-refractivity contribution in [3.05, 3.63) is 36.3 Å². The molecule has 0 amide bonds. The molecule has 0 aliphatic rings. The molecule has 1 atom stereocenters. The lowest BCUT2D eigenvalue weighted by atomic mass is 10.2. The molecule has 0 unspecified atom stereocenters. The maximum atomic E-state index is 5.75. The summed E-state index contributed by atoms with van der Waals surface area (Å²) in [4.78, 5) is 0. The molecule has 0 fully saturated rings. The average molecular weight is 188 g/mol. The second kappa shape index (κ2) is 5.01. The third kappa shape index (κ3) is 2.72. The molecule has 0 saturated carbocycles. The average Bonchev–Trinajstić information content (AvgIpc) is 2.36. The Morgan fingerprint density at radius 2 is 2.33 bits per heavy atom. The Kier molecular flexibility index (Phi) is 4.71. The van der Waals surface area contributed by atoms with Crippen molar-refractivity contribution >= 4 is 12.4 Å². The Labute approximate surface area is 78.9 Å². The van der Waals surface area contributed by atoms with E-state index in [9.17, 15) is 0 Å². The van der Waals surface area contributed by atoms with Crippen LogP contribution in [0.25, 0.3) is 0 Å². The summed E-state index contributed by atoms with van der Waals surface area (Å²) in [6, 6.07) is 3.78. The first kappa shape index (κ1) is 11.3. The molecule has 1 heterocycles. The number of aryl methyl sites for hydroxylation is 1. The van der Waals surface area contributed by atoms with Crippen LogP contribution < -0.4 is 5.73 Å². The zero-order valence-corrected chi connectivity index (χ0v) is 7.93. The van der Waals surface area contributed by atoms with E-state index in [4.69, 9.17) is 10.2 Å². The highest BCUT2D eigenvalue weighted by molar-refractivity contribution is 5.85. The molecule has 68 valence electrons. The highest BCUT2D eigenvalue weighted by Gasteiger charge is 2.06. The second-order valence-electron chi connectivity index (χ2n) is 2.58. The Morgan fingerprint density at radius 3 is 2.75 bits per heavy atom. The van der Waals surface area contributed by atoms with Crippen LogP contribution in [0.5, 0.6) is 0 Å². The Hall–Kier alpha value is -0.730. The van der Waals surface area contributed by atoms with Crippen molar-refractivity contribution in [2.24, 2.45) is 5.73 Å². The van der Waals surface area contributed by atoms with E-state index in [1.54, 1.807) is 6.08 Å². The van der Waals surface area contributed by atoms with Crippen LogP contribution in [-0.4, -0.2) is 0 Å². The smallest absolute Gasteiger partial charge is 0.121 e.